The summed E-state index contributed by atoms with van der Waals surface area (Å²) >= 11 is 0. The molecule has 0 bridgehead atoms. The van der Waals surface area contributed by atoms with E-state index in [0.717, 1.165) is 13.0 Å². The van der Waals surface area contributed by atoms with Crippen molar-refractivity contribution < 1.29 is 51.4 Å². The first kappa shape index (κ1) is 16.1. The van der Waals surface area contributed by atoms with Crippen molar-refractivity contribution in [1.82, 2.24) is 0 Å². The van der Waals surface area contributed by atoms with Crippen LogP contribution in [0.3, 0.4) is 0 Å². The monoisotopic (exact) mass is 202 g/mol. The smallest absolute Gasteiger partial charge is 0.388 e. The molecule has 0 aromatic heterocycles. The Kier molecular flexibility index (Phi) is 11.4. The first-order valence-corrected chi connectivity index (χ1v) is 3.92. The van der Waals surface area contributed by atoms with E-state index in [1.54, 1.807) is 0 Å². The molecule has 13 heavy (non-hydrogen) atoms. The van der Waals surface area contributed by atoms with E-state index >= 15 is 0 Å². The number of anilines is 1. The second kappa shape index (κ2) is 9.22. The largest absolute Gasteiger partial charge is 1.00 e. The van der Waals surface area contributed by atoms with Crippen molar-refractivity contribution in [3.8, 4) is 0 Å². The molecule has 0 radical (unpaired) electrons. The summed E-state index contributed by atoms with van der Waals surface area (Å²) in [6.07, 6.45) is 0.925. The van der Waals surface area contributed by atoms with Gasteiger partial charge < -0.3 is 19.7 Å². The summed E-state index contributed by atoms with van der Waals surface area (Å²) in [6.45, 7) is 6.80. The van der Waals surface area contributed by atoms with E-state index in [9.17, 15) is 0 Å². The third kappa shape index (κ3) is 6.69. The molecule has 1 nitrogen and oxygen atoms in total. The molecule has 0 saturated heterocycles. The summed E-state index contributed by atoms with van der Waals surface area (Å²) in [6, 6.07) is 8.36. The summed E-state index contributed by atoms with van der Waals surface area (Å²) in [5.74, 6) is 0. The van der Waals surface area contributed by atoms with Crippen LogP contribution in [0, 0.1) is 21.3 Å². The summed E-state index contributed by atoms with van der Waals surface area (Å²) in [7, 11) is 0. The topological polar surface area (TPSA) is 12.0 Å². The minimum absolute atomic E-state index is 0. The van der Waals surface area contributed by atoms with Crippen molar-refractivity contribution in [1.29, 1.82) is 0 Å². The molecule has 1 rings (SSSR count). The Balaban J connectivity index is 0. The van der Waals surface area contributed by atoms with Gasteiger partial charge in [-0.05, 0) is 31.2 Å². The van der Waals surface area contributed by atoms with Gasteiger partial charge in [0.25, 0.3) is 0 Å². The van der Waals surface area contributed by atoms with Gasteiger partial charge in [-0.1, -0.05) is 12.1 Å². The summed E-state index contributed by atoms with van der Waals surface area (Å²) < 4.78 is 0. The van der Waals surface area contributed by atoms with Gasteiger partial charge in [0, 0.05) is 5.69 Å². The number of aryl methyl sites for hydroxylation is 1. The standard InChI is InChI=1S/C10H14N.CH3.K/c1-3-7-11-10-6-4-5-9(2)8-10;;/h4-6,8,11H,1,3,7H2,2H3;1H3;/q2*-1;+1. The normalized spacial score (nSPS) is 8.15. The van der Waals surface area contributed by atoms with Gasteiger partial charge in [0.05, 0.1) is 0 Å². The fourth-order valence-corrected chi connectivity index (χ4v) is 0.988. The van der Waals surface area contributed by atoms with Crippen LogP contribution in [0.15, 0.2) is 24.3 Å². The Morgan fingerprint density at radius 3 is 2.62 bits per heavy atom. The number of hydrogen-bond donors (Lipinski definition) is 1. The Labute approximate surface area is 125 Å². The average molecular weight is 202 g/mol. The van der Waals surface area contributed by atoms with Crippen molar-refractivity contribution in [3.63, 3.8) is 0 Å². The Morgan fingerprint density at radius 1 is 1.38 bits per heavy atom. The third-order valence-corrected chi connectivity index (χ3v) is 1.52. The molecule has 0 aliphatic carbocycles. The van der Waals surface area contributed by atoms with Crippen LogP contribution in [0.4, 0.5) is 5.69 Å². The number of benzene rings is 1. The van der Waals surface area contributed by atoms with Crippen LogP contribution in [-0.4, -0.2) is 6.54 Å². The fourth-order valence-electron chi connectivity index (χ4n) is 0.988. The first-order valence-electron chi connectivity index (χ1n) is 3.92. The van der Waals surface area contributed by atoms with Gasteiger partial charge >= 0.3 is 51.4 Å². The second-order valence-electron chi connectivity index (χ2n) is 2.65. The molecule has 1 N–H and O–H groups in total. The average Bonchev–Trinajstić information content (AvgIpc) is 2.01. The van der Waals surface area contributed by atoms with E-state index in [1.807, 2.05) is 0 Å². The molecule has 2 heteroatoms. The van der Waals surface area contributed by atoms with Gasteiger partial charge in [0.15, 0.2) is 0 Å². The maximum absolute atomic E-state index is 3.76. The van der Waals surface area contributed by atoms with Crippen LogP contribution in [0.5, 0.6) is 0 Å². The molecule has 0 aliphatic heterocycles. The molecule has 1 aromatic rings. The van der Waals surface area contributed by atoms with E-state index in [2.05, 4.69) is 43.4 Å². The Morgan fingerprint density at radius 2 is 2.08 bits per heavy atom. The molecule has 0 fully saturated rings. The van der Waals surface area contributed by atoms with E-state index < -0.39 is 0 Å². The van der Waals surface area contributed by atoms with Crippen molar-refractivity contribution in [3.05, 3.63) is 44.2 Å². The molecule has 0 unspecified atom stereocenters. The van der Waals surface area contributed by atoms with Crippen LogP contribution < -0.4 is 56.7 Å². The van der Waals surface area contributed by atoms with Crippen molar-refractivity contribution in [2.24, 2.45) is 0 Å². The quantitative estimate of drug-likeness (QED) is 0.541. The summed E-state index contributed by atoms with van der Waals surface area (Å²) in [4.78, 5) is 0. The number of rotatable bonds is 3. The number of hydrogen-bond acceptors (Lipinski definition) is 1. The first-order chi connectivity index (χ1) is 5.33. The van der Waals surface area contributed by atoms with E-state index in [4.69, 9.17) is 0 Å². The summed E-state index contributed by atoms with van der Waals surface area (Å²) in [5, 5.41) is 3.27. The molecule has 0 heterocycles. The minimum Gasteiger partial charge on any atom is -0.388 e. The molecule has 0 aliphatic rings. The van der Waals surface area contributed by atoms with Crippen molar-refractivity contribution in [2.45, 2.75) is 13.3 Å². The fraction of sp³-hybridized carbons (Fsp3) is 0.273. The van der Waals surface area contributed by atoms with Gasteiger partial charge in [-0.2, -0.15) is 6.42 Å². The zero-order chi connectivity index (χ0) is 8.10. The molecule has 0 atom stereocenters. The zero-order valence-corrected chi connectivity index (χ0v) is 12.1. The predicted octanol–water partition coefficient (Wildman–Crippen LogP) is 0.0854. The zero-order valence-electron chi connectivity index (χ0n) is 8.93. The molecule has 0 spiro atoms. The Hall–Kier alpha value is 0.656. The molecular weight excluding hydrogens is 185 g/mol. The van der Waals surface area contributed by atoms with Crippen LogP contribution in [-0.2, 0) is 0 Å². The minimum atomic E-state index is 0. The van der Waals surface area contributed by atoms with Crippen molar-refractivity contribution in [2.75, 3.05) is 11.9 Å². The predicted molar refractivity (Wildman–Crippen MR) is 56.1 cm³/mol. The molecule has 0 saturated carbocycles. The van der Waals surface area contributed by atoms with E-state index in [-0.39, 0.29) is 58.8 Å². The van der Waals surface area contributed by atoms with Gasteiger partial charge in [0.2, 0.25) is 0 Å². The van der Waals surface area contributed by atoms with Crippen LogP contribution in [0.1, 0.15) is 12.0 Å². The van der Waals surface area contributed by atoms with Gasteiger partial charge in [-0.25, -0.2) is 0 Å². The Bertz CT molecular complexity index is 223. The summed E-state index contributed by atoms with van der Waals surface area (Å²) in [5.41, 5.74) is 2.48. The van der Waals surface area contributed by atoms with E-state index in [1.165, 1.54) is 11.3 Å². The van der Waals surface area contributed by atoms with Gasteiger partial charge in [-0.15, -0.1) is 0 Å². The van der Waals surface area contributed by atoms with Crippen LogP contribution >= 0.6 is 0 Å². The van der Waals surface area contributed by atoms with Crippen molar-refractivity contribution >= 4 is 5.69 Å². The number of nitrogens with one attached hydrogen (secondary N) is 1. The maximum Gasteiger partial charge on any atom is 1.00 e. The van der Waals surface area contributed by atoms with Gasteiger partial charge in [-0.3, -0.25) is 0 Å². The van der Waals surface area contributed by atoms with Crippen LogP contribution in [0.2, 0.25) is 0 Å². The molecule has 68 valence electrons. The molecular formula is C11H17KN-. The van der Waals surface area contributed by atoms with Gasteiger partial charge in [0.1, 0.15) is 0 Å². The third-order valence-electron chi connectivity index (χ3n) is 1.52. The molecule has 0 amide bonds. The van der Waals surface area contributed by atoms with Crippen LogP contribution in [0.25, 0.3) is 0 Å². The molecule has 1 aromatic carbocycles. The maximum atomic E-state index is 3.76. The van der Waals surface area contributed by atoms with E-state index in [0.29, 0.717) is 0 Å². The SMILES string of the molecule is [CH2-]CCNc1cccc(C)c1.[CH3-].[K+]. The second-order valence-corrected chi connectivity index (χ2v) is 2.65.